The van der Waals surface area contributed by atoms with Gasteiger partial charge in [0.1, 0.15) is 18.2 Å². The number of nitriles is 2. The zero-order valence-corrected chi connectivity index (χ0v) is 8.88. The predicted octanol–water partition coefficient (Wildman–Crippen LogP) is 2.85. The lowest BCUT2D eigenvalue weighted by Crippen LogP contribution is -2.04. The number of ether oxygens (including phenoxy) is 1. The highest BCUT2D eigenvalue weighted by atomic mass is 35.5. The van der Waals surface area contributed by atoms with Crippen molar-refractivity contribution in [1.82, 2.24) is 0 Å². The van der Waals surface area contributed by atoms with Crippen molar-refractivity contribution >= 4 is 23.2 Å². The largest absolute Gasteiger partial charge is 0.332 e. The van der Waals surface area contributed by atoms with Crippen molar-refractivity contribution in [2.75, 3.05) is 0 Å². The first-order valence-corrected chi connectivity index (χ1v) is 4.84. The molecule has 0 aliphatic carbocycles. The third-order valence-electron chi connectivity index (χ3n) is 2.21. The Morgan fingerprint density at radius 1 is 1.20 bits per heavy atom. The first kappa shape index (κ1) is 10.3. The van der Waals surface area contributed by atoms with Crippen molar-refractivity contribution in [1.29, 1.82) is 10.5 Å². The van der Waals surface area contributed by atoms with Crippen LogP contribution in [0.4, 0.5) is 0 Å². The van der Waals surface area contributed by atoms with Crippen molar-refractivity contribution in [3.05, 3.63) is 33.8 Å². The van der Waals surface area contributed by atoms with E-state index in [4.69, 9.17) is 38.5 Å². The number of nitrogens with zero attached hydrogens (tertiary/aromatic N) is 2. The van der Waals surface area contributed by atoms with E-state index in [9.17, 15) is 0 Å². The molecular formula is C10H4Cl2N2O. The summed E-state index contributed by atoms with van der Waals surface area (Å²) in [5, 5.41) is 18.4. The van der Waals surface area contributed by atoms with Crippen LogP contribution in [-0.4, -0.2) is 5.60 Å². The highest BCUT2D eigenvalue weighted by molar-refractivity contribution is 6.36. The van der Waals surface area contributed by atoms with Gasteiger partial charge in [0.05, 0.1) is 0 Å². The second kappa shape index (κ2) is 3.40. The summed E-state index contributed by atoms with van der Waals surface area (Å²) in [5.41, 5.74) is -0.918. The molecule has 0 spiro atoms. The Morgan fingerprint density at radius 2 is 1.73 bits per heavy atom. The van der Waals surface area contributed by atoms with E-state index in [1.165, 1.54) is 0 Å². The van der Waals surface area contributed by atoms with Crippen molar-refractivity contribution in [2.45, 2.75) is 11.7 Å². The number of epoxide rings is 1. The molecule has 3 nitrogen and oxygen atoms in total. The minimum Gasteiger partial charge on any atom is -0.332 e. The monoisotopic (exact) mass is 238 g/mol. The van der Waals surface area contributed by atoms with Gasteiger partial charge in [-0.25, -0.2) is 0 Å². The minimum atomic E-state index is -1.42. The molecule has 5 heteroatoms. The molecule has 0 radical (unpaired) electrons. The van der Waals surface area contributed by atoms with Crippen LogP contribution in [0.1, 0.15) is 11.7 Å². The first-order valence-electron chi connectivity index (χ1n) is 4.09. The standard InChI is InChI=1S/C10H4Cl2N2O/c11-6-2-1-3-7(12)8(6)9-10(4-13,5-14)15-9/h1-3,9H. The van der Waals surface area contributed by atoms with Crippen molar-refractivity contribution in [3.63, 3.8) is 0 Å². The lowest BCUT2D eigenvalue weighted by atomic mass is 10.0. The second-order valence-corrected chi connectivity index (χ2v) is 3.91. The highest BCUT2D eigenvalue weighted by Crippen LogP contribution is 2.52. The van der Waals surface area contributed by atoms with Crippen LogP contribution in [0.15, 0.2) is 18.2 Å². The van der Waals surface area contributed by atoms with E-state index in [0.29, 0.717) is 15.6 Å². The molecule has 2 rings (SSSR count). The summed E-state index contributed by atoms with van der Waals surface area (Å²) in [4.78, 5) is 0. The SMILES string of the molecule is N#CC1(C#N)OC1c1c(Cl)cccc1Cl. The van der Waals surface area contributed by atoms with Crippen LogP contribution in [0, 0.1) is 22.7 Å². The van der Waals surface area contributed by atoms with Crippen LogP contribution in [-0.2, 0) is 4.74 Å². The molecule has 1 aromatic carbocycles. The summed E-state index contributed by atoms with van der Waals surface area (Å²) in [6.45, 7) is 0. The van der Waals surface area contributed by atoms with E-state index < -0.39 is 11.7 Å². The highest BCUT2D eigenvalue weighted by Gasteiger charge is 2.60. The number of halogens is 2. The van der Waals surface area contributed by atoms with Gasteiger partial charge in [0.2, 0.25) is 0 Å². The summed E-state index contributed by atoms with van der Waals surface area (Å²) in [6, 6.07) is 8.59. The zero-order chi connectivity index (χ0) is 11.1. The fraction of sp³-hybridized carbons (Fsp3) is 0.200. The third-order valence-corrected chi connectivity index (χ3v) is 2.87. The molecule has 15 heavy (non-hydrogen) atoms. The molecule has 1 atom stereocenters. The predicted molar refractivity (Wildman–Crippen MR) is 54.2 cm³/mol. The molecule has 0 amide bonds. The van der Waals surface area contributed by atoms with Gasteiger partial charge in [-0.2, -0.15) is 10.5 Å². The van der Waals surface area contributed by atoms with Crippen LogP contribution in [0.2, 0.25) is 10.0 Å². The van der Waals surface area contributed by atoms with Gasteiger partial charge in [-0.05, 0) is 12.1 Å². The fourth-order valence-electron chi connectivity index (χ4n) is 1.37. The Kier molecular flexibility index (Phi) is 2.32. The second-order valence-electron chi connectivity index (χ2n) is 3.09. The fourth-order valence-corrected chi connectivity index (χ4v) is 1.97. The van der Waals surface area contributed by atoms with Gasteiger partial charge in [-0.1, -0.05) is 29.3 Å². The molecule has 1 saturated heterocycles. The van der Waals surface area contributed by atoms with Crippen LogP contribution >= 0.6 is 23.2 Å². The molecule has 1 fully saturated rings. The third kappa shape index (κ3) is 1.46. The van der Waals surface area contributed by atoms with Crippen LogP contribution in [0.25, 0.3) is 0 Å². The first-order chi connectivity index (χ1) is 7.14. The summed E-state index contributed by atoms with van der Waals surface area (Å²) in [6.07, 6.45) is -0.645. The van der Waals surface area contributed by atoms with E-state index in [1.807, 2.05) is 0 Å². The molecule has 0 aromatic heterocycles. The van der Waals surface area contributed by atoms with Crippen LogP contribution in [0.5, 0.6) is 0 Å². The summed E-state index contributed by atoms with van der Waals surface area (Å²) < 4.78 is 5.06. The maximum Gasteiger partial charge on any atom is 0.272 e. The molecular weight excluding hydrogens is 235 g/mol. The van der Waals surface area contributed by atoms with Gasteiger partial charge in [-0.15, -0.1) is 0 Å². The summed E-state index contributed by atoms with van der Waals surface area (Å²) in [5.74, 6) is 0. The van der Waals surface area contributed by atoms with Crippen molar-refractivity contribution < 1.29 is 4.74 Å². The Morgan fingerprint density at radius 3 is 2.13 bits per heavy atom. The number of benzene rings is 1. The Labute approximate surface area is 96.4 Å². The summed E-state index contributed by atoms with van der Waals surface area (Å²) in [7, 11) is 0. The maximum absolute atomic E-state index is 8.79. The molecule has 0 bridgehead atoms. The van der Waals surface area contributed by atoms with Crippen molar-refractivity contribution in [3.8, 4) is 12.1 Å². The molecule has 0 N–H and O–H groups in total. The number of hydrogen-bond acceptors (Lipinski definition) is 3. The summed E-state index contributed by atoms with van der Waals surface area (Å²) >= 11 is 11.8. The topological polar surface area (TPSA) is 60.1 Å². The van der Waals surface area contributed by atoms with Crippen LogP contribution in [0.3, 0.4) is 0 Å². The quantitative estimate of drug-likeness (QED) is 0.708. The number of hydrogen-bond donors (Lipinski definition) is 0. The smallest absolute Gasteiger partial charge is 0.272 e. The number of rotatable bonds is 1. The maximum atomic E-state index is 8.79. The van der Waals surface area contributed by atoms with Crippen LogP contribution < -0.4 is 0 Å². The van der Waals surface area contributed by atoms with E-state index in [2.05, 4.69) is 0 Å². The van der Waals surface area contributed by atoms with E-state index in [0.717, 1.165) is 0 Å². The van der Waals surface area contributed by atoms with Gasteiger partial charge < -0.3 is 4.74 Å². The van der Waals surface area contributed by atoms with Gasteiger partial charge in [0.25, 0.3) is 5.60 Å². The average Bonchev–Trinajstić information content (AvgIpc) is 2.93. The van der Waals surface area contributed by atoms with Gasteiger partial charge in [0.15, 0.2) is 0 Å². The Bertz CT molecular complexity index is 467. The normalized spacial score (nSPS) is 21.5. The Balaban J connectivity index is 2.45. The average molecular weight is 239 g/mol. The van der Waals surface area contributed by atoms with Crippen molar-refractivity contribution in [2.24, 2.45) is 0 Å². The molecule has 1 aliphatic heterocycles. The zero-order valence-electron chi connectivity index (χ0n) is 7.37. The molecule has 1 heterocycles. The molecule has 1 aliphatic rings. The van der Waals surface area contributed by atoms with Gasteiger partial charge >= 0.3 is 0 Å². The minimum absolute atomic E-state index is 0.403. The van der Waals surface area contributed by atoms with E-state index in [1.54, 1.807) is 30.3 Å². The Hall–Kier alpha value is -1.26. The lowest BCUT2D eigenvalue weighted by Gasteiger charge is -2.02. The lowest BCUT2D eigenvalue weighted by molar-refractivity contribution is 0.369. The molecule has 1 unspecified atom stereocenters. The molecule has 74 valence electrons. The van der Waals surface area contributed by atoms with Gasteiger partial charge in [-0.3, -0.25) is 0 Å². The molecule has 0 saturated carbocycles. The van der Waals surface area contributed by atoms with Gasteiger partial charge in [0, 0.05) is 15.6 Å². The van der Waals surface area contributed by atoms with E-state index in [-0.39, 0.29) is 0 Å². The molecule has 1 aromatic rings. The van der Waals surface area contributed by atoms with E-state index >= 15 is 0 Å².